The van der Waals surface area contributed by atoms with Gasteiger partial charge in [-0.25, -0.2) is 4.98 Å². The lowest BCUT2D eigenvalue weighted by molar-refractivity contribution is -0.119. The number of carbonyl (C=O) groups is 1. The normalized spacial score (nSPS) is 18.9. The van der Waals surface area contributed by atoms with Crippen molar-refractivity contribution in [3.8, 4) is 0 Å². The third-order valence-electron chi connectivity index (χ3n) is 3.70. The van der Waals surface area contributed by atoms with Crippen molar-refractivity contribution in [3.63, 3.8) is 0 Å². The highest BCUT2D eigenvalue weighted by Crippen LogP contribution is 2.28. The number of amides is 1. The summed E-state index contributed by atoms with van der Waals surface area (Å²) in [6, 6.07) is -0.324. The fourth-order valence-corrected chi connectivity index (χ4v) is 2.74. The van der Waals surface area contributed by atoms with E-state index < -0.39 is 0 Å². The Kier molecular flexibility index (Phi) is 3.59. The summed E-state index contributed by atoms with van der Waals surface area (Å²) in [6.07, 6.45) is 4.36. The first-order valence-electron chi connectivity index (χ1n) is 7.21. The SMILES string of the molecule is CCNc1nc(N2CCCCC2C(N)=O)c2[nH]cnc2n1. The topological polar surface area (TPSA) is 113 Å². The van der Waals surface area contributed by atoms with Crippen LogP contribution < -0.4 is 16.0 Å². The van der Waals surface area contributed by atoms with Crippen molar-refractivity contribution in [2.24, 2.45) is 5.73 Å². The number of carbonyl (C=O) groups excluding carboxylic acids is 1. The molecule has 0 bridgehead atoms. The monoisotopic (exact) mass is 289 g/mol. The van der Waals surface area contributed by atoms with Crippen LogP contribution in [0.2, 0.25) is 0 Å². The summed E-state index contributed by atoms with van der Waals surface area (Å²) in [6.45, 7) is 3.45. The molecule has 3 rings (SSSR count). The summed E-state index contributed by atoms with van der Waals surface area (Å²) in [5.74, 6) is 0.892. The lowest BCUT2D eigenvalue weighted by Crippen LogP contribution is -2.48. The minimum absolute atomic E-state index is 0.314. The third kappa shape index (κ3) is 2.48. The zero-order chi connectivity index (χ0) is 14.8. The zero-order valence-corrected chi connectivity index (χ0v) is 12.0. The standard InChI is InChI=1S/C13H19N7O/c1-2-15-13-18-11-9(16-7-17-11)12(19-13)20-6-4-3-5-8(20)10(14)21/h7-8H,2-6H2,1H3,(H2,14,21)(H2,15,16,17,18,19). The maximum absolute atomic E-state index is 11.7. The number of rotatable bonds is 4. The number of H-pyrrole nitrogens is 1. The molecule has 1 unspecified atom stereocenters. The second kappa shape index (κ2) is 5.55. The van der Waals surface area contributed by atoms with Gasteiger partial charge in [-0.05, 0) is 26.2 Å². The quantitative estimate of drug-likeness (QED) is 0.761. The van der Waals surface area contributed by atoms with Gasteiger partial charge in [0.1, 0.15) is 11.6 Å². The minimum Gasteiger partial charge on any atom is -0.368 e. The fourth-order valence-electron chi connectivity index (χ4n) is 2.74. The van der Waals surface area contributed by atoms with Crippen molar-refractivity contribution < 1.29 is 4.79 Å². The molecular formula is C13H19N7O. The molecule has 1 fully saturated rings. The smallest absolute Gasteiger partial charge is 0.240 e. The number of imidazole rings is 1. The molecule has 1 aliphatic rings. The van der Waals surface area contributed by atoms with Gasteiger partial charge in [0, 0.05) is 13.1 Å². The maximum atomic E-state index is 11.7. The molecule has 4 N–H and O–H groups in total. The third-order valence-corrected chi connectivity index (χ3v) is 3.70. The molecule has 0 radical (unpaired) electrons. The number of hydrogen-bond acceptors (Lipinski definition) is 6. The lowest BCUT2D eigenvalue weighted by Gasteiger charge is -2.34. The Labute approximate surface area is 122 Å². The number of aromatic nitrogens is 4. The van der Waals surface area contributed by atoms with Gasteiger partial charge in [0.25, 0.3) is 0 Å². The van der Waals surface area contributed by atoms with Gasteiger partial charge < -0.3 is 20.9 Å². The molecular weight excluding hydrogens is 270 g/mol. The number of aromatic amines is 1. The number of piperidine rings is 1. The summed E-state index contributed by atoms with van der Waals surface area (Å²) in [5.41, 5.74) is 6.87. The molecule has 112 valence electrons. The van der Waals surface area contributed by atoms with Crippen LogP contribution >= 0.6 is 0 Å². The number of anilines is 2. The van der Waals surface area contributed by atoms with E-state index in [2.05, 4.69) is 25.3 Å². The Balaban J connectivity index is 2.08. The van der Waals surface area contributed by atoms with Crippen LogP contribution in [0.15, 0.2) is 6.33 Å². The molecule has 21 heavy (non-hydrogen) atoms. The average molecular weight is 289 g/mol. The second-order valence-corrected chi connectivity index (χ2v) is 5.11. The molecule has 0 aromatic carbocycles. The number of hydrogen-bond donors (Lipinski definition) is 3. The van der Waals surface area contributed by atoms with Crippen molar-refractivity contribution in [1.82, 2.24) is 19.9 Å². The van der Waals surface area contributed by atoms with Gasteiger partial charge in [-0.2, -0.15) is 9.97 Å². The summed E-state index contributed by atoms with van der Waals surface area (Å²) < 4.78 is 0. The van der Waals surface area contributed by atoms with Crippen LogP contribution in [-0.2, 0) is 4.79 Å². The van der Waals surface area contributed by atoms with Gasteiger partial charge in [0.2, 0.25) is 11.9 Å². The molecule has 1 aliphatic heterocycles. The molecule has 3 heterocycles. The maximum Gasteiger partial charge on any atom is 0.240 e. The zero-order valence-electron chi connectivity index (χ0n) is 12.0. The number of nitrogens with zero attached hydrogens (tertiary/aromatic N) is 4. The predicted octanol–water partition coefficient (Wildman–Crippen LogP) is 0.629. The molecule has 0 aliphatic carbocycles. The fraction of sp³-hybridized carbons (Fsp3) is 0.538. The molecule has 1 atom stereocenters. The summed E-state index contributed by atoms with van der Waals surface area (Å²) in [7, 11) is 0. The first-order valence-corrected chi connectivity index (χ1v) is 7.21. The van der Waals surface area contributed by atoms with Crippen LogP contribution in [0, 0.1) is 0 Å². The molecule has 0 saturated carbocycles. The van der Waals surface area contributed by atoms with E-state index >= 15 is 0 Å². The van der Waals surface area contributed by atoms with E-state index in [0.29, 0.717) is 24.0 Å². The number of nitrogens with one attached hydrogen (secondary N) is 2. The largest absolute Gasteiger partial charge is 0.368 e. The van der Waals surface area contributed by atoms with Gasteiger partial charge in [-0.1, -0.05) is 0 Å². The van der Waals surface area contributed by atoms with E-state index in [9.17, 15) is 4.79 Å². The first-order chi connectivity index (χ1) is 10.2. The molecule has 2 aromatic rings. The molecule has 8 heteroatoms. The van der Waals surface area contributed by atoms with Crippen molar-refractivity contribution in [1.29, 1.82) is 0 Å². The lowest BCUT2D eigenvalue weighted by atomic mass is 10.0. The van der Waals surface area contributed by atoms with E-state index in [-0.39, 0.29) is 11.9 Å². The Bertz CT molecular complexity index is 653. The molecule has 2 aromatic heterocycles. The molecule has 1 amide bonds. The number of fused-ring (bicyclic) bond motifs is 1. The van der Waals surface area contributed by atoms with E-state index in [1.54, 1.807) is 6.33 Å². The van der Waals surface area contributed by atoms with Gasteiger partial charge in [0.05, 0.1) is 6.33 Å². The van der Waals surface area contributed by atoms with Crippen molar-refractivity contribution in [2.75, 3.05) is 23.3 Å². The van der Waals surface area contributed by atoms with Crippen molar-refractivity contribution in [3.05, 3.63) is 6.33 Å². The van der Waals surface area contributed by atoms with Crippen LogP contribution in [0.3, 0.4) is 0 Å². The molecule has 8 nitrogen and oxygen atoms in total. The Morgan fingerprint density at radius 1 is 1.52 bits per heavy atom. The van der Waals surface area contributed by atoms with E-state index in [0.717, 1.165) is 31.3 Å². The van der Waals surface area contributed by atoms with Crippen LogP contribution in [0.25, 0.3) is 11.2 Å². The van der Waals surface area contributed by atoms with Crippen LogP contribution in [-0.4, -0.2) is 45.0 Å². The highest BCUT2D eigenvalue weighted by atomic mass is 16.1. The molecule has 1 saturated heterocycles. The Morgan fingerprint density at radius 3 is 3.14 bits per heavy atom. The molecule has 0 spiro atoms. The summed E-state index contributed by atoms with van der Waals surface area (Å²) >= 11 is 0. The van der Waals surface area contributed by atoms with Gasteiger partial charge >= 0.3 is 0 Å². The highest BCUT2D eigenvalue weighted by molar-refractivity contribution is 5.89. The Morgan fingerprint density at radius 2 is 2.38 bits per heavy atom. The minimum atomic E-state index is -0.324. The van der Waals surface area contributed by atoms with Gasteiger partial charge in [-0.3, -0.25) is 4.79 Å². The Hall–Kier alpha value is -2.38. The number of primary amides is 1. The first kappa shape index (κ1) is 13.6. The summed E-state index contributed by atoms with van der Waals surface area (Å²) in [4.78, 5) is 29.8. The van der Waals surface area contributed by atoms with Crippen molar-refractivity contribution >= 4 is 28.8 Å². The van der Waals surface area contributed by atoms with E-state index in [1.807, 2.05) is 11.8 Å². The van der Waals surface area contributed by atoms with E-state index in [4.69, 9.17) is 5.73 Å². The van der Waals surface area contributed by atoms with E-state index in [1.165, 1.54) is 0 Å². The van der Waals surface area contributed by atoms with Crippen LogP contribution in [0.5, 0.6) is 0 Å². The average Bonchev–Trinajstić information content (AvgIpc) is 2.95. The van der Waals surface area contributed by atoms with Crippen molar-refractivity contribution in [2.45, 2.75) is 32.2 Å². The summed E-state index contributed by atoms with van der Waals surface area (Å²) in [5, 5.41) is 3.09. The highest BCUT2D eigenvalue weighted by Gasteiger charge is 2.30. The van der Waals surface area contributed by atoms with Gasteiger partial charge in [-0.15, -0.1) is 0 Å². The number of nitrogens with two attached hydrogens (primary N) is 1. The predicted molar refractivity (Wildman–Crippen MR) is 80.0 cm³/mol. The van der Waals surface area contributed by atoms with Crippen LogP contribution in [0.4, 0.5) is 11.8 Å². The van der Waals surface area contributed by atoms with Gasteiger partial charge in [0.15, 0.2) is 11.5 Å². The van der Waals surface area contributed by atoms with Crippen LogP contribution in [0.1, 0.15) is 26.2 Å². The second-order valence-electron chi connectivity index (χ2n) is 5.11.